The number of rotatable bonds is 2. The fraction of sp³-hybridized carbons (Fsp3) is 0. The zero-order valence-electron chi connectivity index (χ0n) is 12.3. The maximum atomic E-state index is 12.7. The Balaban J connectivity index is 1.90. The van der Waals surface area contributed by atoms with Crippen LogP contribution in [0.15, 0.2) is 60.7 Å². The Bertz CT molecular complexity index is 1040. The molecular weight excluding hydrogens is 308 g/mol. The summed E-state index contributed by atoms with van der Waals surface area (Å²) in [4.78, 5) is 36.8. The van der Waals surface area contributed by atoms with E-state index in [1.54, 1.807) is 12.1 Å². The summed E-state index contributed by atoms with van der Waals surface area (Å²) >= 11 is 0. The number of nitro groups is 1. The Kier molecular flexibility index (Phi) is 2.93. The number of carbonyl (C=O) groups is 2. The van der Waals surface area contributed by atoms with E-state index in [1.807, 2.05) is 30.3 Å². The van der Waals surface area contributed by atoms with E-state index in [2.05, 4.69) is 0 Å². The molecule has 4 rings (SSSR count). The molecule has 0 aromatic heterocycles. The van der Waals surface area contributed by atoms with Gasteiger partial charge in [0.2, 0.25) is 0 Å². The van der Waals surface area contributed by atoms with E-state index in [0.717, 1.165) is 21.7 Å². The third kappa shape index (κ3) is 1.90. The van der Waals surface area contributed by atoms with E-state index in [4.69, 9.17) is 0 Å². The predicted octanol–water partition coefficient (Wildman–Crippen LogP) is 3.55. The van der Waals surface area contributed by atoms with Crippen molar-refractivity contribution in [2.75, 3.05) is 4.90 Å². The van der Waals surface area contributed by atoms with Gasteiger partial charge >= 0.3 is 0 Å². The number of imide groups is 1. The van der Waals surface area contributed by atoms with Crippen LogP contribution in [-0.4, -0.2) is 16.7 Å². The molecule has 0 saturated heterocycles. The summed E-state index contributed by atoms with van der Waals surface area (Å²) in [5, 5.41) is 12.6. The van der Waals surface area contributed by atoms with Crippen molar-refractivity contribution in [3.63, 3.8) is 0 Å². The molecule has 0 aliphatic carbocycles. The fourth-order valence-electron chi connectivity index (χ4n) is 2.96. The number of benzene rings is 3. The number of hydrogen-bond donors (Lipinski definition) is 0. The van der Waals surface area contributed by atoms with Crippen molar-refractivity contribution in [2.24, 2.45) is 0 Å². The van der Waals surface area contributed by atoms with E-state index in [-0.39, 0.29) is 16.8 Å². The van der Waals surface area contributed by atoms with Crippen molar-refractivity contribution in [2.45, 2.75) is 0 Å². The summed E-state index contributed by atoms with van der Waals surface area (Å²) in [7, 11) is 0. The molecule has 0 bridgehead atoms. The molecule has 0 spiro atoms. The van der Waals surface area contributed by atoms with Gasteiger partial charge in [0.1, 0.15) is 0 Å². The van der Waals surface area contributed by atoms with Crippen molar-refractivity contribution < 1.29 is 14.5 Å². The van der Waals surface area contributed by atoms with Crippen LogP contribution in [0.5, 0.6) is 0 Å². The Morgan fingerprint density at radius 3 is 2.33 bits per heavy atom. The summed E-state index contributed by atoms with van der Waals surface area (Å²) in [6, 6.07) is 16.5. The Hall–Kier alpha value is -3.54. The molecule has 3 aromatic rings. The van der Waals surface area contributed by atoms with Crippen molar-refractivity contribution in [1.82, 2.24) is 0 Å². The van der Waals surface area contributed by atoms with Crippen LogP contribution < -0.4 is 4.90 Å². The molecule has 24 heavy (non-hydrogen) atoms. The quantitative estimate of drug-likeness (QED) is 0.411. The van der Waals surface area contributed by atoms with Gasteiger partial charge in [0.25, 0.3) is 17.5 Å². The van der Waals surface area contributed by atoms with Gasteiger partial charge < -0.3 is 0 Å². The van der Waals surface area contributed by atoms with Crippen LogP contribution in [0.1, 0.15) is 20.7 Å². The second-order valence-corrected chi connectivity index (χ2v) is 5.43. The van der Waals surface area contributed by atoms with E-state index < -0.39 is 16.7 Å². The third-order valence-corrected chi connectivity index (χ3v) is 4.09. The number of hydrogen-bond acceptors (Lipinski definition) is 4. The molecule has 1 heterocycles. The largest absolute Gasteiger partial charge is 0.270 e. The molecule has 1 aliphatic heterocycles. The van der Waals surface area contributed by atoms with Crippen molar-refractivity contribution >= 4 is 34.0 Å². The first-order valence-corrected chi connectivity index (χ1v) is 7.23. The molecule has 6 nitrogen and oxygen atoms in total. The van der Waals surface area contributed by atoms with Crippen LogP contribution in [0, 0.1) is 10.1 Å². The fourth-order valence-corrected chi connectivity index (χ4v) is 2.96. The first-order chi connectivity index (χ1) is 11.6. The highest BCUT2D eigenvalue weighted by Crippen LogP contribution is 2.34. The van der Waals surface area contributed by atoms with Gasteiger partial charge in [0.15, 0.2) is 0 Å². The van der Waals surface area contributed by atoms with E-state index >= 15 is 0 Å². The minimum atomic E-state index is -0.585. The van der Waals surface area contributed by atoms with Crippen LogP contribution in [0.2, 0.25) is 0 Å². The minimum Gasteiger partial charge on any atom is -0.268 e. The summed E-state index contributed by atoms with van der Waals surface area (Å²) in [6.07, 6.45) is 0. The van der Waals surface area contributed by atoms with Gasteiger partial charge in [-0.1, -0.05) is 36.4 Å². The number of anilines is 1. The molecule has 2 amide bonds. The average molecular weight is 318 g/mol. The van der Waals surface area contributed by atoms with Crippen LogP contribution in [-0.2, 0) is 0 Å². The molecule has 6 heteroatoms. The van der Waals surface area contributed by atoms with Gasteiger partial charge in [-0.2, -0.15) is 0 Å². The van der Waals surface area contributed by atoms with Crippen LogP contribution in [0.3, 0.4) is 0 Å². The Morgan fingerprint density at radius 1 is 0.833 bits per heavy atom. The highest BCUT2D eigenvalue weighted by molar-refractivity contribution is 6.36. The zero-order valence-corrected chi connectivity index (χ0v) is 12.3. The van der Waals surface area contributed by atoms with Crippen LogP contribution in [0.4, 0.5) is 11.4 Å². The predicted molar refractivity (Wildman–Crippen MR) is 88.2 cm³/mol. The topological polar surface area (TPSA) is 80.5 Å². The maximum absolute atomic E-state index is 12.7. The van der Waals surface area contributed by atoms with Crippen LogP contribution in [0.25, 0.3) is 10.8 Å². The van der Waals surface area contributed by atoms with Gasteiger partial charge in [-0.3, -0.25) is 19.7 Å². The van der Waals surface area contributed by atoms with Gasteiger partial charge in [-0.15, -0.1) is 0 Å². The SMILES string of the molecule is O=C1c2ccc([N+](=O)[O-])cc2C(=O)N1c1cccc2ccccc12. The number of amides is 2. The molecule has 0 atom stereocenters. The number of fused-ring (bicyclic) bond motifs is 2. The van der Waals surface area contributed by atoms with Crippen molar-refractivity contribution in [3.8, 4) is 0 Å². The zero-order chi connectivity index (χ0) is 16.8. The third-order valence-electron chi connectivity index (χ3n) is 4.09. The van der Waals surface area contributed by atoms with Crippen molar-refractivity contribution in [3.05, 3.63) is 81.9 Å². The number of nitrogens with zero attached hydrogens (tertiary/aromatic N) is 2. The first-order valence-electron chi connectivity index (χ1n) is 7.23. The maximum Gasteiger partial charge on any atom is 0.270 e. The lowest BCUT2D eigenvalue weighted by atomic mass is 10.1. The normalized spacial score (nSPS) is 13.4. The molecule has 0 radical (unpaired) electrons. The highest BCUT2D eigenvalue weighted by Gasteiger charge is 2.38. The highest BCUT2D eigenvalue weighted by atomic mass is 16.6. The number of nitro benzene ring substituents is 1. The first kappa shape index (κ1) is 14.1. The Labute approximate surface area is 136 Å². The molecule has 1 aliphatic rings. The summed E-state index contributed by atoms with van der Waals surface area (Å²) < 4.78 is 0. The monoisotopic (exact) mass is 318 g/mol. The van der Waals surface area contributed by atoms with Crippen LogP contribution >= 0.6 is 0 Å². The second kappa shape index (κ2) is 4.99. The standard InChI is InChI=1S/C18H10N2O4/c21-17-14-9-8-12(20(23)24)10-15(14)18(22)19(17)16-7-3-5-11-4-1-2-6-13(11)16/h1-10H. The Morgan fingerprint density at radius 2 is 1.54 bits per heavy atom. The average Bonchev–Trinajstić information content (AvgIpc) is 2.85. The van der Waals surface area contributed by atoms with Gasteiger partial charge in [-0.05, 0) is 17.5 Å². The molecule has 0 unspecified atom stereocenters. The summed E-state index contributed by atoms with van der Waals surface area (Å²) in [5.41, 5.74) is 0.497. The van der Waals surface area contributed by atoms with E-state index in [1.165, 1.54) is 12.1 Å². The molecular formula is C18H10N2O4. The second-order valence-electron chi connectivity index (χ2n) is 5.43. The number of carbonyl (C=O) groups excluding carboxylic acids is 2. The van der Waals surface area contributed by atoms with Gasteiger partial charge in [0, 0.05) is 17.5 Å². The molecule has 3 aromatic carbocycles. The van der Waals surface area contributed by atoms with E-state index in [9.17, 15) is 19.7 Å². The van der Waals surface area contributed by atoms with Gasteiger partial charge in [-0.25, -0.2) is 4.90 Å². The minimum absolute atomic E-state index is 0.0575. The van der Waals surface area contributed by atoms with Gasteiger partial charge in [0.05, 0.1) is 21.7 Å². The summed E-state index contributed by atoms with van der Waals surface area (Å²) in [6.45, 7) is 0. The van der Waals surface area contributed by atoms with Crippen molar-refractivity contribution in [1.29, 1.82) is 0 Å². The lowest BCUT2D eigenvalue weighted by Gasteiger charge is -2.16. The molecule has 116 valence electrons. The number of non-ortho nitro benzene ring substituents is 1. The smallest absolute Gasteiger partial charge is 0.268 e. The van der Waals surface area contributed by atoms with E-state index in [0.29, 0.717) is 5.69 Å². The lowest BCUT2D eigenvalue weighted by molar-refractivity contribution is -0.384. The molecule has 0 saturated carbocycles. The molecule has 0 fully saturated rings. The lowest BCUT2D eigenvalue weighted by Crippen LogP contribution is -2.29. The summed E-state index contributed by atoms with van der Waals surface area (Å²) in [5.74, 6) is -1.02. The molecule has 0 N–H and O–H groups in total.